The van der Waals surface area contributed by atoms with Gasteiger partial charge in [-0.2, -0.15) is 5.10 Å². The molecule has 0 saturated carbocycles. The summed E-state index contributed by atoms with van der Waals surface area (Å²) >= 11 is 6.41. The summed E-state index contributed by atoms with van der Waals surface area (Å²) in [5.41, 5.74) is -0.706. The number of nitrogens with zero attached hydrogens (tertiary/aromatic N) is 4. The Kier molecular flexibility index (Phi) is 5.03. The molecule has 9 nitrogen and oxygen atoms in total. The van der Waals surface area contributed by atoms with Gasteiger partial charge in [-0.05, 0) is 11.6 Å². The standard InChI is InChI=1S/C18H19ClN4O5/c1-9(24)23-12(10-6-5-7-13(28-4)15(10)19)8-11(20-23)14-16(25)21(2)18(27)22(3)17(14)26/h5-7,12,25H,8H2,1-4H3. The zero-order valence-electron chi connectivity index (χ0n) is 15.8. The van der Waals surface area contributed by atoms with Crippen LogP contribution in [0.25, 0.3) is 0 Å². The third-order valence-corrected chi connectivity index (χ3v) is 5.13. The smallest absolute Gasteiger partial charge is 0.333 e. The van der Waals surface area contributed by atoms with Crippen LogP contribution in [0, 0.1) is 0 Å². The van der Waals surface area contributed by atoms with Gasteiger partial charge in [-0.25, -0.2) is 9.80 Å². The second kappa shape index (κ2) is 7.16. The maximum Gasteiger partial charge on any atom is 0.333 e. The molecule has 2 heterocycles. The highest BCUT2D eigenvalue weighted by Crippen LogP contribution is 2.40. The minimum Gasteiger partial charge on any atom is -0.495 e. The quantitative estimate of drug-likeness (QED) is 0.822. The van der Waals surface area contributed by atoms with Crippen LogP contribution < -0.4 is 16.0 Å². The molecule has 3 rings (SSSR count). The molecule has 0 radical (unpaired) electrons. The van der Waals surface area contributed by atoms with Crippen LogP contribution in [0.4, 0.5) is 0 Å². The molecular formula is C18H19ClN4O5. The first kappa shape index (κ1) is 19.7. The number of halogens is 1. The summed E-state index contributed by atoms with van der Waals surface area (Å²) in [6, 6.07) is 4.58. The van der Waals surface area contributed by atoms with Gasteiger partial charge >= 0.3 is 5.69 Å². The molecule has 0 saturated heterocycles. The molecule has 148 valence electrons. The number of aromatic nitrogens is 2. The summed E-state index contributed by atoms with van der Waals surface area (Å²) < 4.78 is 7.06. The molecule has 0 bridgehead atoms. The van der Waals surface area contributed by atoms with Gasteiger partial charge in [0.2, 0.25) is 11.8 Å². The van der Waals surface area contributed by atoms with Crippen LogP contribution >= 0.6 is 11.6 Å². The van der Waals surface area contributed by atoms with Crippen LogP contribution in [0.3, 0.4) is 0 Å². The number of hydrazone groups is 1. The summed E-state index contributed by atoms with van der Waals surface area (Å²) in [6.45, 7) is 1.34. The van der Waals surface area contributed by atoms with E-state index in [-0.39, 0.29) is 23.6 Å². The minimum atomic E-state index is -0.694. The molecule has 1 N–H and O–H groups in total. The van der Waals surface area contributed by atoms with Crippen LogP contribution in [-0.2, 0) is 18.9 Å². The van der Waals surface area contributed by atoms with Crippen LogP contribution in [0.5, 0.6) is 11.6 Å². The van der Waals surface area contributed by atoms with Crippen molar-refractivity contribution in [3.05, 3.63) is 55.2 Å². The molecule has 2 aromatic rings. The number of aromatic hydroxyl groups is 1. The lowest BCUT2D eigenvalue weighted by Crippen LogP contribution is -2.39. The van der Waals surface area contributed by atoms with E-state index in [0.29, 0.717) is 16.3 Å². The topological polar surface area (TPSA) is 106 Å². The van der Waals surface area contributed by atoms with Gasteiger partial charge in [0.15, 0.2) is 0 Å². The fraction of sp³-hybridized carbons (Fsp3) is 0.333. The minimum absolute atomic E-state index is 0.127. The Balaban J connectivity index is 2.16. The van der Waals surface area contributed by atoms with Gasteiger partial charge in [0.25, 0.3) is 5.56 Å². The van der Waals surface area contributed by atoms with Crippen molar-refractivity contribution >= 4 is 23.2 Å². The number of carbonyl (C=O) groups excluding carboxylic acids is 1. The summed E-state index contributed by atoms with van der Waals surface area (Å²) in [5.74, 6) is -0.426. The van der Waals surface area contributed by atoms with E-state index in [1.165, 1.54) is 33.1 Å². The molecule has 1 aromatic carbocycles. The van der Waals surface area contributed by atoms with Crippen molar-refractivity contribution in [2.24, 2.45) is 19.2 Å². The van der Waals surface area contributed by atoms with Crippen molar-refractivity contribution < 1.29 is 14.6 Å². The fourth-order valence-corrected chi connectivity index (χ4v) is 3.55. The maximum atomic E-state index is 12.6. The van der Waals surface area contributed by atoms with E-state index in [4.69, 9.17) is 16.3 Å². The van der Waals surface area contributed by atoms with Crippen molar-refractivity contribution in [1.29, 1.82) is 0 Å². The molecule has 1 aromatic heterocycles. The lowest BCUT2D eigenvalue weighted by atomic mass is 9.98. The zero-order chi connectivity index (χ0) is 20.7. The Hall–Kier alpha value is -3.07. The first-order valence-corrected chi connectivity index (χ1v) is 8.75. The third kappa shape index (κ3) is 2.97. The maximum absolute atomic E-state index is 12.6. The summed E-state index contributed by atoms with van der Waals surface area (Å²) in [4.78, 5) is 36.8. The Morgan fingerprint density at radius 1 is 1.29 bits per heavy atom. The molecule has 1 amide bonds. The van der Waals surface area contributed by atoms with E-state index in [9.17, 15) is 19.5 Å². The van der Waals surface area contributed by atoms with Crippen LogP contribution in [0.1, 0.15) is 30.5 Å². The van der Waals surface area contributed by atoms with Gasteiger partial charge in [0.05, 0.1) is 23.9 Å². The molecule has 1 aliphatic rings. The van der Waals surface area contributed by atoms with Gasteiger partial charge in [0, 0.05) is 27.4 Å². The number of rotatable bonds is 3. The monoisotopic (exact) mass is 406 g/mol. The molecule has 0 spiro atoms. The third-order valence-electron chi connectivity index (χ3n) is 4.73. The second-order valence-electron chi connectivity index (χ2n) is 6.40. The molecule has 0 fully saturated rings. The SMILES string of the molecule is COc1cccc(C2CC(c3c(O)n(C)c(=O)n(C)c3=O)=NN2C(C)=O)c1Cl. The Morgan fingerprint density at radius 3 is 2.57 bits per heavy atom. The molecule has 1 atom stereocenters. The number of hydrogen-bond acceptors (Lipinski definition) is 6. The first-order chi connectivity index (χ1) is 13.2. The van der Waals surface area contributed by atoms with Crippen LogP contribution in [-0.4, -0.2) is 38.0 Å². The lowest BCUT2D eigenvalue weighted by molar-refractivity contribution is -0.130. The van der Waals surface area contributed by atoms with E-state index in [1.807, 2.05) is 0 Å². The summed E-state index contributed by atoms with van der Waals surface area (Å²) in [6.07, 6.45) is 0.132. The lowest BCUT2D eigenvalue weighted by Gasteiger charge is -2.22. The largest absolute Gasteiger partial charge is 0.495 e. The Bertz CT molecular complexity index is 1120. The molecule has 0 aliphatic carbocycles. The van der Waals surface area contributed by atoms with Crippen LogP contribution in [0.2, 0.25) is 5.02 Å². The molecular weight excluding hydrogens is 388 g/mol. The van der Waals surface area contributed by atoms with Crippen molar-refractivity contribution in [3.63, 3.8) is 0 Å². The van der Waals surface area contributed by atoms with Crippen LogP contribution in [0.15, 0.2) is 32.9 Å². The first-order valence-electron chi connectivity index (χ1n) is 8.38. The van der Waals surface area contributed by atoms with E-state index >= 15 is 0 Å². The number of methoxy groups -OCH3 is 1. The predicted octanol–water partition coefficient (Wildman–Crippen LogP) is 1.15. The average Bonchev–Trinajstić information content (AvgIpc) is 3.10. The van der Waals surface area contributed by atoms with Gasteiger partial charge in [-0.1, -0.05) is 23.7 Å². The molecule has 1 unspecified atom stereocenters. The number of amides is 1. The van der Waals surface area contributed by atoms with E-state index in [2.05, 4.69) is 5.10 Å². The highest BCUT2D eigenvalue weighted by atomic mass is 35.5. The van der Waals surface area contributed by atoms with Crippen molar-refractivity contribution in [3.8, 4) is 11.6 Å². The van der Waals surface area contributed by atoms with E-state index < -0.39 is 23.2 Å². The summed E-state index contributed by atoms with van der Waals surface area (Å²) in [5, 5.41) is 16.2. The fourth-order valence-electron chi connectivity index (χ4n) is 3.22. The zero-order valence-corrected chi connectivity index (χ0v) is 16.5. The van der Waals surface area contributed by atoms with Crippen molar-refractivity contribution in [2.75, 3.05) is 7.11 Å². The number of benzene rings is 1. The molecule has 10 heteroatoms. The highest BCUT2D eigenvalue weighted by Gasteiger charge is 2.36. The number of hydrogen-bond donors (Lipinski definition) is 1. The van der Waals surface area contributed by atoms with Gasteiger partial charge in [-0.3, -0.25) is 18.7 Å². The highest BCUT2D eigenvalue weighted by molar-refractivity contribution is 6.33. The van der Waals surface area contributed by atoms with E-state index in [0.717, 1.165) is 9.13 Å². The number of carbonyl (C=O) groups is 1. The second-order valence-corrected chi connectivity index (χ2v) is 6.78. The van der Waals surface area contributed by atoms with Gasteiger partial charge in [0.1, 0.15) is 11.3 Å². The predicted molar refractivity (Wildman–Crippen MR) is 103 cm³/mol. The van der Waals surface area contributed by atoms with Gasteiger partial charge < -0.3 is 9.84 Å². The van der Waals surface area contributed by atoms with E-state index in [1.54, 1.807) is 18.2 Å². The van der Waals surface area contributed by atoms with Crippen molar-refractivity contribution in [1.82, 2.24) is 14.1 Å². The Morgan fingerprint density at radius 2 is 1.96 bits per heavy atom. The summed E-state index contributed by atoms with van der Waals surface area (Å²) in [7, 11) is 4.13. The Labute approximate surface area is 165 Å². The van der Waals surface area contributed by atoms with Gasteiger partial charge in [-0.15, -0.1) is 0 Å². The van der Waals surface area contributed by atoms with Crippen molar-refractivity contribution in [2.45, 2.75) is 19.4 Å². The number of ether oxygens (including phenoxy) is 1. The average molecular weight is 407 g/mol. The molecule has 1 aliphatic heterocycles. The molecule has 28 heavy (non-hydrogen) atoms. The normalized spacial score (nSPS) is 16.2.